The van der Waals surface area contributed by atoms with Crippen LogP contribution in [0.25, 0.3) is 0 Å². The van der Waals surface area contributed by atoms with Crippen molar-refractivity contribution in [2.75, 3.05) is 0 Å². The van der Waals surface area contributed by atoms with E-state index < -0.39 is 0 Å². The number of hydrogen-bond acceptors (Lipinski definition) is 1. The van der Waals surface area contributed by atoms with Gasteiger partial charge in [-0.1, -0.05) is 23.2 Å². The van der Waals surface area contributed by atoms with Gasteiger partial charge in [-0.3, -0.25) is 4.79 Å². The molecule has 0 spiro atoms. The number of halogens is 2. The minimum atomic E-state index is 0.158. The predicted molar refractivity (Wildman–Crippen MR) is 58.0 cm³/mol. The summed E-state index contributed by atoms with van der Waals surface area (Å²) in [7, 11) is 0. The molecule has 1 aromatic carbocycles. The minimum Gasteiger partial charge on any atom is -0.300 e. The van der Waals surface area contributed by atoms with Gasteiger partial charge in [-0.05, 0) is 43.0 Å². The molecule has 0 bridgehead atoms. The van der Waals surface area contributed by atoms with Crippen LogP contribution in [-0.2, 0) is 4.79 Å². The Bertz CT molecular complexity index is 387. The van der Waals surface area contributed by atoms with E-state index >= 15 is 0 Å². The summed E-state index contributed by atoms with van der Waals surface area (Å²) < 4.78 is 0. The Morgan fingerprint density at radius 1 is 1.43 bits per heavy atom. The van der Waals surface area contributed by atoms with Crippen molar-refractivity contribution in [1.82, 2.24) is 0 Å². The fraction of sp³-hybridized carbons (Fsp3) is 0.364. The third-order valence-electron chi connectivity index (χ3n) is 2.67. The minimum absolute atomic E-state index is 0.158. The number of carbonyl (C=O) groups is 1. The summed E-state index contributed by atoms with van der Waals surface area (Å²) in [6, 6.07) is 5.41. The van der Waals surface area contributed by atoms with E-state index in [9.17, 15) is 4.79 Å². The molecule has 2 unspecified atom stereocenters. The van der Waals surface area contributed by atoms with E-state index in [4.69, 9.17) is 23.2 Å². The van der Waals surface area contributed by atoms with Crippen LogP contribution in [0.3, 0.4) is 0 Å². The Kier molecular flexibility index (Phi) is 2.54. The molecule has 0 saturated heterocycles. The summed E-state index contributed by atoms with van der Waals surface area (Å²) in [6.45, 7) is 1.63. The second-order valence-electron chi connectivity index (χ2n) is 3.73. The average Bonchev–Trinajstić information content (AvgIpc) is 2.88. The molecule has 14 heavy (non-hydrogen) atoms. The second-order valence-corrected chi connectivity index (χ2v) is 4.57. The van der Waals surface area contributed by atoms with Crippen molar-refractivity contribution in [3.63, 3.8) is 0 Å². The van der Waals surface area contributed by atoms with Crippen LogP contribution in [0.4, 0.5) is 0 Å². The zero-order chi connectivity index (χ0) is 10.3. The van der Waals surface area contributed by atoms with Crippen molar-refractivity contribution >= 4 is 29.0 Å². The maximum Gasteiger partial charge on any atom is 0.133 e. The molecule has 2 atom stereocenters. The molecule has 0 aliphatic heterocycles. The zero-order valence-corrected chi connectivity index (χ0v) is 9.27. The molecule has 1 aliphatic rings. The first-order chi connectivity index (χ1) is 6.59. The molecular formula is C11H10Cl2O. The molecule has 0 N–H and O–H groups in total. The standard InChI is InChI=1S/C11H10Cl2O/c1-6(14)8-5-9(8)10-4-7(12)2-3-11(10)13/h2-4,8-9H,5H2,1H3. The summed E-state index contributed by atoms with van der Waals surface area (Å²) in [5.41, 5.74) is 1.01. The van der Waals surface area contributed by atoms with Crippen LogP contribution < -0.4 is 0 Å². The van der Waals surface area contributed by atoms with Gasteiger partial charge in [0.1, 0.15) is 5.78 Å². The number of benzene rings is 1. The van der Waals surface area contributed by atoms with Crippen molar-refractivity contribution in [2.45, 2.75) is 19.3 Å². The highest BCUT2D eigenvalue weighted by Gasteiger charge is 2.42. The topological polar surface area (TPSA) is 17.1 Å². The number of carbonyl (C=O) groups excluding carboxylic acids is 1. The summed E-state index contributed by atoms with van der Waals surface area (Å²) in [6.07, 6.45) is 0.912. The van der Waals surface area contributed by atoms with E-state index in [1.807, 2.05) is 6.07 Å². The largest absolute Gasteiger partial charge is 0.300 e. The first kappa shape index (κ1) is 10.0. The molecule has 0 aromatic heterocycles. The molecule has 3 heteroatoms. The van der Waals surface area contributed by atoms with Crippen LogP contribution in [0.15, 0.2) is 18.2 Å². The fourth-order valence-electron chi connectivity index (χ4n) is 1.79. The smallest absolute Gasteiger partial charge is 0.133 e. The number of Topliss-reactive ketones (excluding diaryl/α,β-unsaturated/α-hetero) is 1. The third-order valence-corrected chi connectivity index (χ3v) is 3.25. The summed E-state index contributed by atoms with van der Waals surface area (Å²) >= 11 is 11.9. The van der Waals surface area contributed by atoms with Crippen molar-refractivity contribution in [2.24, 2.45) is 5.92 Å². The van der Waals surface area contributed by atoms with E-state index in [2.05, 4.69) is 0 Å². The average molecular weight is 229 g/mol. The van der Waals surface area contributed by atoms with Gasteiger partial charge in [-0.2, -0.15) is 0 Å². The third kappa shape index (κ3) is 1.79. The van der Waals surface area contributed by atoms with Crippen LogP contribution in [-0.4, -0.2) is 5.78 Å². The SMILES string of the molecule is CC(=O)C1CC1c1cc(Cl)ccc1Cl. The van der Waals surface area contributed by atoms with E-state index in [0.717, 1.165) is 12.0 Å². The molecule has 74 valence electrons. The van der Waals surface area contributed by atoms with Gasteiger partial charge in [-0.15, -0.1) is 0 Å². The van der Waals surface area contributed by atoms with Gasteiger partial charge in [0.15, 0.2) is 0 Å². The van der Waals surface area contributed by atoms with Crippen molar-refractivity contribution in [3.05, 3.63) is 33.8 Å². The van der Waals surface area contributed by atoms with Gasteiger partial charge in [0.25, 0.3) is 0 Å². The normalized spacial score (nSPS) is 24.8. The monoisotopic (exact) mass is 228 g/mol. The Labute approximate surface area is 93.0 Å². The lowest BCUT2D eigenvalue weighted by molar-refractivity contribution is -0.118. The van der Waals surface area contributed by atoms with Crippen LogP contribution in [0, 0.1) is 5.92 Å². The van der Waals surface area contributed by atoms with Gasteiger partial charge in [0.05, 0.1) is 0 Å². The number of hydrogen-bond donors (Lipinski definition) is 0. The molecule has 2 rings (SSSR count). The lowest BCUT2D eigenvalue weighted by Gasteiger charge is -2.02. The van der Waals surface area contributed by atoms with Gasteiger partial charge >= 0.3 is 0 Å². The van der Waals surface area contributed by atoms with Crippen molar-refractivity contribution in [3.8, 4) is 0 Å². The maximum atomic E-state index is 11.1. The number of rotatable bonds is 2. The summed E-state index contributed by atoms with van der Waals surface area (Å²) in [4.78, 5) is 11.1. The van der Waals surface area contributed by atoms with E-state index in [1.165, 1.54) is 0 Å². The van der Waals surface area contributed by atoms with Gasteiger partial charge in [-0.25, -0.2) is 0 Å². The van der Waals surface area contributed by atoms with Crippen molar-refractivity contribution in [1.29, 1.82) is 0 Å². The van der Waals surface area contributed by atoms with E-state index in [0.29, 0.717) is 16.0 Å². The summed E-state index contributed by atoms with van der Waals surface area (Å²) in [5, 5.41) is 1.39. The van der Waals surface area contributed by atoms with Crippen LogP contribution in [0.2, 0.25) is 10.0 Å². The number of ketones is 1. The van der Waals surface area contributed by atoms with Crippen molar-refractivity contribution < 1.29 is 4.79 Å². The molecule has 0 radical (unpaired) electrons. The van der Waals surface area contributed by atoms with Crippen LogP contribution in [0.1, 0.15) is 24.8 Å². The molecule has 1 fully saturated rings. The van der Waals surface area contributed by atoms with Crippen LogP contribution in [0.5, 0.6) is 0 Å². The Hall–Kier alpha value is -0.530. The molecule has 1 nitrogen and oxygen atoms in total. The lowest BCUT2D eigenvalue weighted by atomic mass is 10.1. The molecule has 0 amide bonds. The predicted octanol–water partition coefficient (Wildman–Crippen LogP) is 3.69. The quantitative estimate of drug-likeness (QED) is 0.755. The molecular weight excluding hydrogens is 219 g/mol. The summed E-state index contributed by atoms with van der Waals surface area (Å²) in [5.74, 6) is 0.690. The molecule has 1 aromatic rings. The first-order valence-electron chi connectivity index (χ1n) is 4.55. The molecule has 1 saturated carbocycles. The zero-order valence-electron chi connectivity index (χ0n) is 7.76. The Morgan fingerprint density at radius 3 is 2.71 bits per heavy atom. The fourth-order valence-corrected chi connectivity index (χ4v) is 2.22. The van der Waals surface area contributed by atoms with E-state index in [-0.39, 0.29) is 11.7 Å². The maximum absolute atomic E-state index is 11.1. The van der Waals surface area contributed by atoms with Gasteiger partial charge in [0.2, 0.25) is 0 Å². The first-order valence-corrected chi connectivity index (χ1v) is 5.30. The molecule has 0 heterocycles. The highest BCUT2D eigenvalue weighted by Crippen LogP contribution is 2.50. The highest BCUT2D eigenvalue weighted by molar-refractivity contribution is 6.33. The second kappa shape index (κ2) is 3.56. The lowest BCUT2D eigenvalue weighted by Crippen LogP contribution is -1.95. The molecule has 1 aliphatic carbocycles. The van der Waals surface area contributed by atoms with Crippen LogP contribution >= 0.6 is 23.2 Å². The Balaban J connectivity index is 2.26. The highest BCUT2D eigenvalue weighted by atomic mass is 35.5. The Morgan fingerprint density at radius 2 is 2.14 bits per heavy atom. The van der Waals surface area contributed by atoms with Gasteiger partial charge < -0.3 is 0 Å². The van der Waals surface area contributed by atoms with Gasteiger partial charge in [0, 0.05) is 16.0 Å². The van der Waals surface area contributed by atoms with E-state index in [1.54, 1.807) is 19.1 Å².